The predicted octanol–water partition coefficient (Wildman–Crippen LogP) is 3.43. The van der Waals surface area contributed by atoms with E-state index >= 15 is 0 Å². The molecule has 1 aromatic carbocycles. The molecule has 4 nitrogen and oxygen atoms in total. The lowest BCUT2D eigenvalue weighted by Crippen LogP contribution is -2.19. The second kappa shape index (κ2) is 5.63. The molecule has 100 valence electrons. The molecular weight excluding hydrogens is 328 g/mol. The summed E-state index contributed by atoms with van der Waals surface area (Å²) in [6.07, 6.45) is 0. The molecular formula is C13H13BrN2O2S. The maximum absolute atomic E-state index is 11.2. The molecule has 0 spiro atoms. The fourth-order valence-corrected chi connectivity index (χ4v) is 3.05. The van der Waals surface area contributed by atoms with Gasteiger partial charge in [-0.05, 0) is 51.1 Å². The quantitative estimate of drug-likeness (QED) is 0.836. The highest BCUT2D eigenvalue weighted by molar-refractivity contribution is 9.11. The summed E-state index contributed by atoms with van der Waals surface area (Å²) in [7, 11) is 1.86. The van der Waals surface area contributed by atoms with Crippen LogP contribution in [-0.4, -0.2) is 18.1 Å². The fourth-order valence-electron chi connectivity index (χ4n) is 1.85. The third-order valence-corrected chi connectivity index (χ3v) is 4.26. The van der Waals surface area contributed by atoms with E-state index in [0.717, 1.165) is 9.35 Å². The Morgan fingerprint density at radius 2 is 2.21 bits per heavy atom. The van der Waals surface area contributed by atoms with Gasteiger partial charge in [0.15, 0.2) is 0 Å². The number of benzene rings is 1. The summed E-state index contributed by atoms with van der Waals surface area (Å²) in [6.45, 7) is 0.645. The summed E-state index contributed by atoms with van der Waals surface area (Å²) in [6, 6.07) is 6.96. The third-order valence-electron chi connectivity index (χ3n) is 2.70. The zero-order chi connectivity index (χ0) is 14.0. The number of anilines is 2. The van der Waals surface area contributed by atoms with Crippen molar-refractivity contribution in [3.8, 4) is 0 Å². The minimum atomic E-state index is -0.972. The second-order valence-electron chi connectivity index (χ2n) is 4.20. The summed E-state index contributed by atoms with van der Waals surface area (Å²) in [5.41, 5.74) is 8.09. The van der Waals surface area contributed by atoms with Gasteiger partial charge in [0.05, 0.1) is 15.0 Å². The van der Waals surface area contributed by atoms with Crippen LogP contribution in [0.3, 0.4) is 0 Å². The van der Waals surface area contributed by atoms with E-state index in [-0.39, 0.29) is 5.56 Å². The molecule has 2 rings (SSSR count). The molecule has 0 aliphatic carbocycles. The molecule has 0 fully saturated rings. The Kier molecular flexibility index (Phi) is 4.11. The van der Waals surface area contributed by atoms with E-state index < -0.39 is 5.97 Å². The number of nitrogens with two attached hydrogens (primary N) is 1. The molecule has 0 aliphatic heterocycles. The van der Waals surface area contributed by atoms with Crippen LogP contribution in [0.4, 0.5) is 11.4 Å². The molecule has 3 N–H and O–H groups in total. The van der Waals surface area contributed by atoms with Gasteiger partial charge in [0.2, 0.25) is 0 Å². The number of carboxylic acids is 1. The van der Waals surface area contributed by atoms with Gasteiger partial charge in [0.1, 0.15) is 0 Å². The number of hydrogen-bond donors (Lipinski definition) is 2. The maximum atomic E-state index is 11.2. The molecule has 0 atom stereocenters. The summed E-state index contributed by atoms with van der Waals surface area (Å²) < 4.78 is 1.06. The van der Waals surface area contributed by atoms with Gasteiger partial charge in [-0.25, -0.2) is 4.79 Å². The minimum absolute atomic E-state index is 0.219. The van der Waals surface area contributed by atoms with Crippen molar-refractivity contribution in [3.05, 3.63) is 44.6 Å². The molecule has 1 aromatic heterocycles. The van der Waals surface area contributed by atoms with Crippen LogP contribution in [0.2, 0.25) is 0 Å². The standard InChI is InChI=1S/C13H13BrN2O2S/c1-16(6-8-4-12(14)19-7-8)11-3-2-9(15)5-10(11)13(17)18/h2-5,7H,6,15H2,1H3,(H,17,18). The minimum Gasteiger partial charge on any atom is -0.478 e. The van der Waals surface area contributed by atoms with E-state index in [1.165, 1.54) is 6.07 Å². The van der Waals surface area contributed by atoms with Crippen LogP contribution in [0.5, 0.6) is 0 Å². The highest BCUT2D eigenvalue weighted by atomic mass is 79.9. The average Bonchev–Trinajstić information content (AvgIpc) is 2.74. The number of carbonyl (C=O) groups is 1. The Balaban J connectivity index is 2.28. The first-order valence-electron chi connectivity index (χ1n) is 5.54. The molecule has 0 amide bonds. The van der Waals surface area contributed by atoms with E-state index in [0.29, 0.717) is 17.9 Å². The van der Waals surface area contributed by atoms with Gasteiger partial charge in [-0.1, -0.05) is 0 Å². The van der Waals surface area contributed by atoms with Gasteiger partial charge < -0.3 is 15.7 Å². The van der Waals surface area contributed by atoms with Crippen LogP contribution in [0.15, 0.2) is 33.4 Å². The van der Waals surface area contributed by atoms with Gasteiger partial charge >= 0.3 is 5.97 Å². The summed E-state index contributed by atoms with van der Waals surface area (Å²) in [4.78, 5) is 13.1. The van der Waals surface area contributed by atoms with Crippen LogP contribution in [0, 0.1) is 0 Å². The predicted molar refractivity (Wildman–Crippen MR) is 81.9 cm³/mol. The first kappa shape index (κ1) is 13.9. The maximum Gasteiger partial charge on any atom is 0.337 e. The fraction of sp³-hybridized carbons (Fsp3) is 0.154. The van der Waals surface area contributed by atoms with Crippen molar-refractivity contribution in [2.45, 2.75) is 6.54 Å². The van der Waals surface area contributed by atoms with Crippen LogP contribution < -0.4 is 10.6 Å². The molecule has 0 saturated heterocycles. The smallest absolute Gasteiger partial charge is 0.337 e. The van der Waals surface area contributed by atoms with Crippen molar-refractivity contribution in [1.82, 2.24) is 0 Å². The van der Waals surface area contributed by atoms with Crippen LogP contribution in [0.25, 0.3) is 0 Å². The molecule has 2 aromatic rings. The Labute approximate surface area is 123 Å². The number of rotatable bonds is 4. The number of halogens is 1. The number of aromatic carboxylic acids is 1. The highest BCUT2D eigenvalue weighted by Crippen LogP contribution is 2.26. The molecule has 1 heterocycles. The van der Waals surface area contributed by atoms with Crippen LogP contribution >= 0.6 is 27.3 Å². The van der Waals surface area contributed by atoms with E-state index in [1.807, 2.05) is 23.4 Å². The largest absolute Gasteiger partial charge is 0.478 e. The monoisotopic (exact) mass is 340 g/mol. The number of carboxylic acid groups (broad SMARTS) is 1. The van der Waals surface area contributed by atoms with E-state index in [2.05, 4.69) is 15.9 Å². The number of nitrogens with zero attached hydrogens (tertiary/aromatic N) is 1. The number of nitrogen functional groups attached to an aromatic ring is 1. The van der Waals surface area contributed by atoms with Gasteiger partial charge in [0.25, 0.3) is 0 Å². The summed E-state index contributed by atoms with van der Waals surface area (Å²) in [5, 5.41) is 11.3. The lowest BCUT2D eigenvalue weighted by molar-refractivity contribution is 0.0697. The van der Waals surface area contributed by atoms with Gasteiger partial charge in [-0.2, -0.15) is 0 Å². The zero-order valence-electron chi connectivity index (χ0n) is 10.3. The van der Waals surface area contributed by atoms with Crippen molar-refractivity contribution < 1.29 is 9.90 Å². The van der Waals surface area contributed by atoms with Crippen LogP contribution in [0.1, 0.15) is 15.9 Å². The Hall–Kier alpha value is -1.53. The lowest BCUT2D eigenvalue weighted by atomic mass is 10.1. The molecule has 19 heavy (non-hydrogen) atoms. The first-order valence-corrected chi connectivity index (χ1v) is 7.21. The van der Waals surface area contributed by atoms with Crippen molar-refractivity contribution in [2.24, 2.45) is 0 Å². The van der Waals surface area contributed by atoms with E-state index in [1.54, 1.807) is 23.5 Å². The zero-order valence-corrected chi connectivity index (χ0v) is 12.7. The average molecular weight is 341 g/mol. The van der Waals surface area contributed by atoms with Gasteiger partial charge in [-0.15, -0.1) is 11.3 Å². The molecule has 6 heteroatoms. The lowest BCUT2D eigenvalue weighted by Gasteiger charge is -2.21. The topological polar surface area (TPSA) is 66.6 Å². The molecule has 0 aliphatic rings. The first-order chi connectivity index (χ1) is 8.97. The Morgan fingerprint density at radius 3 is 2.79 bits per heavy atom. The molecule has 0 saturated carbocycles. The molecule has 0 radical (unpaired) electrons. The van der Waals surface area contributed by atoms with E-state index in [9.17, 15) is 9.90 Å². The highest BCUT2D eigenvalue weighted by Gasteiger charge is 2.14. The number of hydrogen-bond acceptors (Lipinski definition) is 4. The van der Waals surface area contributed by atoms with Crippen molar-refractivity contribution in [3.63, 3.8) is 0 Å². The van der Waals surface area contributed by atoms with Crippen molar-refractivity contribution in [1.29, 1.82) is 0 Å². The molecule has 0 unspecified atom stereocenters. The molecule has 0 bridgehead atoms. The van der Waals surface area contributed by atoms with Crippen molar-refractivity contribution in [2.75, 3.05) is 17.7 Å². The number of thiophene rings is 1. The van der Waals surface area contributed by atoms with Crippen LogP contribution in [-0.2, 0) is 6.54 Å². The normalized spacial score (nSPS) is 10.4. The summed E-state index contributed by atoms with van der Waals surface area (Å²) in [5.74, 6) is -0.972. The SMILES string of the molecule is CN(Cc1csc(Br)c1)c1ccc(N)cc1C(=O)O. The van der Waals surface area contributed by atoms with Crippen molar-refractivity contribution >= 4 is 44.6 Å². The van der Waals surface area contributed by atoms with Gasteiger partial charge in [0, 0.05) is 19.3 Å². The Bertz CT molecular complexity index is 612. The third kappa shape index (κ3) is 3.27. The van der Waals surface area contributed by atoms with E-state index in [4.69, 9.17) is 5.73 Å². The second-order valence-corrected chi connectivity index (χ2v) is 6.49. The Morgan fingerprint density at radius 1 is 1.47 bits per heavy atom. The van der Waals surface area contributed by atoms with Gasteiger partial charge in [-0.3, -0.25) is 0 Å². The summed E-state index contributed by atoms with van der Waals surface area (Å²) >= 11 is 5.02.